The third-order valence-electron chi connectivity index (χ3n) is 4.03. The molecule has 108 valence electrons. The van der Waals surface area contributed by atoms with E-state index in [2.05, 4.69) is 74.9 Å². The number of hydrogen-bond donors (Lipinski definition) is 0. The lowest BCUT2D eigenvalue weighted by Crippen LogP contribution is -2.08. The molecule has 21 heavy (non-hydrogen) atoms. The second-order valence-corrected chi connectivity index (χ2v) is 6.08. The third kappa shape index (κ3) is 2.58. The second kappa shape index (κ2) is 5.36. The van der Waals surface area contributed by atoms with Gasteiger partial charge in [0, 0.05) is 17.2 Å². The van der Waals surface area contributed by atoms with E-state index in [1.165, 1.54) is 27.9 Å². The molecule has 0 radical (unpaired) electrons. The molecule has 1 aliphatic heterocycles. The molecule has 0 N–H and O–H groups in total. The highest BCUT2D eigenvalue weighted by atomic mass is 16.5. The molecule has 0 fully saturated rings. The zero-order valence-corrected chi connectivity index (χ0v) is 13.2. The summed E-state index contributed by atoms with van der Waals surface area (Å²) in [6, 6.07) is 13.0. The number of fused-ring (bicyclic) bond motifs is 1. The largest absolute Gasteiger partial charge is 0.429 e. The van der Waals surface area contributed by atoms with Gasteiger partial charge in [0.05, 0.1) is 0 Å². The van der Waals surface area contributed by atoms with Crippen LogP contribution in [-0.4, -0.2) is 17.5 Å². The number of aryl methyl sites for hydroxylation is 2. The lowest BCUT2D eigenvalue weighted by Gasteiger charge is -2.06. The minimum absolute atomic E-state index is 0.473. The molecule has 0 amide bonds. The smallest absolute Gasteiger partial charge is 0.293 e. The Morgan fingerprint density at radius 2 is 1.95 bits per heavy atom. The van der Waals surface area contributed by atoms with Crippen LogP contribution in [0.3, 0.4) is 0 Å². The van der Waals surface area contributed by atoms with Crippen molar-refractivity contribution in [2.75, 3.05) is 6.73 Å². The van der Waals surface area contributed by atoms with Crippen LogP contribution >= 0.6 is 0 Å². The summed E-state index contributed by atoms with van der Waals surface area (Å²) in [5, 5.41) is 0. The summed E-state index contributed by atoms with van der Waals surface area (Å²) in [5.74, 6) is 1.51. The van der Waals surface area contributed by atoms with Crippen molar-refractivity contribution in [1.82, 2.24) is 0 Å². The SMILES string of the molecule is Cc1ccc(C)c(/C=[N+]2/COc3c(C(C)C)cccc32)c1. The quantitative estimate of drug-likeness (QED) is 0.736. The molecular weight excluding hydrogens is 258 g/mol. The van der Waals surface area contributed by atoms with E-state index in [1.807, 2.05) is 0 Å². The van der Waals surface area contributed by atoms with Crippen LogP contribution in [0.15, 0.2) is 36.4 Å². The Kier molecular flexibility index (Phi) is 3.54. The molecule has 2 nitrogen and oxygen atoms in total. The van der Waals surface area contributed by atoms with Crippen molar-refractivity contribution in [3.63, 3.8) is 0 Å². The molecule has 1 aliphatic rings. The minimum atomic E-state index is 0.473. The Bertz CT molecular complexity index is 714. The van der Waals surface area contributed by atoms with E-state index < -0.39 is 0 Å². The Labute approximate surface area is 126 Å². The van der Waals surface area contributed by atoms with Crippen LogP contribution in [0.4, 0.5) is 5.69 Å². The minimum Gasteiger partial charge on any atom is -0.429 e. The van der Waals surface area contributed by atoms with Crippen LogP contribution in [0.25, 0.3) is 0 Å². The van der Waals surface area contributed by atoms with E-state index in [0.717, 1.165) is 5.75 Å². The first kappa shape index (κ1) is 13.9. The highest BCUT2D eigenvalue weighted by Crippen LogP contribution is 2.39. The monoisotopic (exact) mass is 280 g/mol. The summed E-state index contributed by atoms with van der Waals surface area (Å²) >= 11 is 0. The summed E-state index contributed by atoms with van der Waals surface area (Å²) < 4.78 is 8.14. The van der Waals surface area contributed by atoms with Gasteiger partial charge in [0.2, 0.25) is 5.75 Å². The molecular formula is C19H22NO+. The molecule has 1 heterocycles. The zero-order chi connectivity index (χ0) is 15.0. The number of ether oxygens (including phenoxy) is 1. The lowest BCUT2D eigenvalue weighted by molar-refractivity contribution is -0.452. The van der Waals surface area contributed by atoms with Gasteiger partial charge < -0.3 is 4.74 Å². The lowest BCUT2D eigenvalue weighted by atomic mass is 10.0. The summed E-state index contributed by atoms with van der Waals surface area (Å²) in [6.07, 6.45) is 2.19. The fourth-order valence-corrected chi connectivity index (χ4v) is 2.76. The summed E-state index contributed by atoms with van der Waals surface area (Å²) in [7, 11) is 0. The molecule has 0 saturated heterocycles. The van der Waals surface area contributed by atoms with Crippen molar-refractivity contribution in [2.24, 2.45) is 0 Å². The molecule has 0 aromatic heterocycles. The second-order valence-electron chi connectivity index (χ2n) is 6.08. The molecule has 2 aromatic rings. The average molecular weight is 280 g/mol. The Hall–Kier alpha value is -2.09. The summed E-state index contributed by atoms with van der Waals surface area (Å²) in [5.41, 5.74) is 6.27. The Morgan fingerprint density at radius 3 is 2.71 bits per heavy atom. The van der Waals surface area contributed by atoms with Crippen LogP contribution in [-0.2, 0) is 0 Å². The number of hydrogen-bond acceptors (Lipinski definition) is 1. The van der Waals surface area contributed by atoms with Gasteiger partial charge in [0.1, 0.15) is 0 Å². The maximum atomic E-state index is 5.94. The van der Waals surface area contributed by atoms with Crippen LogP contribution in [0.2, 0.25) is 0 Å². The van der Waals surface area contributed by atoms with Crippen LogP contribution < -0.4 is 4.74 Å². The zero-order valence-electron chi connectivity index (χ0n) is 13.2. The first-order valence-corrected chi connectivity index (χ1v) is 7.50. The van der Waals surface area contributed by atoms with Crippen molar-refractivity contribution in [3.05, 3.63) is 58.7 Å². The van der Waals surface area contributed by atoms with Crippen molar-refractivity contribution in [1.29, 1.82) is 0 Å². The first-order chi connectivity index (χ1) is 10.1. The highest BCUT2D eigenvalue weighted by Gasteiger charge is 2.28. The maximum Gasteiger partial charge on any atom is 0.293 e. The average Bonchev–Trinajstić information content (AvgIpc) is 2.86. The van der Waals surface area contributed by atoms with Gasteiger partial charge in [-0.25, -0.2) is 0 Å². The third-order valence-corrected chi connectivity index (χ3v) is 4.03. The molecule has 2 heteroatoms. The van der Waals surface area contributed by atoms with Crippen LogP contribution in [0.5, 0.6) is 5.75 Å². The van der Waals surface area contributed by atoms with Crippen molar-refractivity contribution >= 4 is 11.9 Å². The normalized spacial score (nSPS) is 15.4. The predicted octanol–water partition coefficient (Wildman–Crippen LogP) is 4.54. The molecule has 0 spiro atoms. The molecule has 3 rings (SSSR count). The fourth-order valence-electron chi connectivity index (χ4n) is 2.76. The van der Waals surface area contributed by atoms with Gasteiger partial charge in [0.25, 0.3) is 12.4 Å². The van der Waals surface area contributed by atoms with Crippen molar-refractivity contribution in [3.8, 4) is 5.75 Å². The van der Waals surface area contributed by atoms with Gasteiger partial charge in [0.15, 0.2) is 6.21 Å². The molecule has 0 atom stereocenters. The molecule has 0 unspecified atom stereocenters. The Morgan fingerprint density at radius 1 is 1.14 bits per heavy atom. The van der Waals surface area contributed by atoms with Crippen molar-refractivity contribution < 1.29 is 9.31 Å². The van der Waals surface area contributed by atoms with E-state index in [9.17, 15) is 0 Å². The molecule has 0 bridgehead atoms. The van der Waals surface area contributed by atoms with Gasteiger partial charge in [-0.3, -0.25) is 0 Å². The van der Waals surface area contributed by atoms with E-state index >= 15 is 0 Å². The van der Waals surface area contributed by atoms with E-state index in [-0.39, 0.29) is 0 Å². The molecule has 2 aromatic carbocycles. The summed E-state index contributed by atoms with van der Waals surface area (Å²) in [6.45, 7) is 9.27. The number of nitrogens with zero attached hydrogens (tertiary/aromatic N) is 1. The topological polar surface area (TPSA) is 12.2 Å². The van der Waals surface area contributed by atoms with Gasteiger partial charge in [-0.05, 0) is 31.4 Å². The van der Waals surface area contributed by atoms with E-state index in [0.29, 0.717) is 12.6 Å². The van der Waals surface area contributed by atoms with E-state index in [4.69, 9.17) is 4.74 Å². The van der Waals surface area contributed by atoms with Crippen molar-refractivity contribution in [2.45, 2.75) is 33.6 Å². The summed E-state index contributed by atoms with van der Waals surface area (Å²) in [4.78, 5) is 0. The Balaban J connectivity index is 2.07. The molecule has 0 saturated carbocycles. The van der Waals surface area contributed by atoms with E-state index in [1.54, 1.807) is 0 Å². The van der Waals surface area contributed by atoms with Gasteiger partial charge in [-0.2, -0.15) is 4.58 Å². The fraction of sp³-hybridized carbons (Fsp3) is 0.316. The standard InChI is InChI=1S/C19H22NO/c1-13(2)17-6-5-7-18-19(17)21-12-20(18)11-16-10-14(3)8-9-15(16)4/h5-11,13H,12H2,1-4H3/q+1/b20-11-. The van der Waals surface area contributed by atoms with Gasteiger partial charge in [-0.15, -0.1) is 0 Å². The number of rotatable bonds is 2. The first-order valence-electron chi connectivity index (χ1n) is 7.50. The van der Waals surface area contributed by atoms with Crippen LogP contribution in [0, 0.1) is 13.8 Å². The maximum absolute atomic E-state index is 5.94. The number of benzene rings is 2. The van der Waals surface area contributed by atoms with Gasteiger partial charge in [-0.1, -0.05) is 43.7 Å². The predicted molar refractivity (Wildman–Crippen MR) is 87.0 cm³/mol. The van der Waals surface area contributed by atoms with Gasteiger partial charge >= 0.3 is 0 Å². The van der Waals surface area contributed by atoms with Crippen LogP contribution in [0.1, 0.15) is 42.0 Å². The number of para-hydroxylation sites is 1. The molecule has 0 aliphatic carbocycles. The highest BCUT2D eigenvalue weighted by molar-refractivity contribution is 5.79.